The van der Waals surface area contributed by atoms with Gasteiger partial charge in [-0.3, -0.25) is 9.59 Å². The Morgan fingerprint density at radius 3 is 2.31 bits per heavy atom. The van der Waals surface area contributed by atoms with Crippen LogP contribution in [0.4, 0.5) is 17.1 Å². The average molecular weight is 466 g/mol. The van der Waals surface area contributed by atoms with Crippen molar-refractivity contribution in [1.29, 1.82) is 0 Å². The maximum Gasteiger partial charge on any atom is 0.282 e. The average Bonchev–Trinajstić information content (AvgIpc) is 3.39. The van der Waals surface area contributed by atoms with Crippen LogP contribution in [0.15, 0.2) is 65.7 Å². The molecule has 1 aromatic heterocycles. The Balaban J connectivity index is 1.73. The minimum absolute atomic E-state index is 0.271. The lowest BCUT2D eigenvalue weighted by atomic mass is 10.1. The number of nitrogens with one attached hydrogen (secondary N) is 1. The highest BCUT2D eigenvalue weighted by atomic mass is 35.5. The summed E-state index contributed by atoms with van der Waals surface area (Å²) in [5, 5.41) is 5.62. The van der Waals surface area contributed by atoms with Gasteiger partial charge in [-0.1, -0.05) is 23.7 Å². The maximum absolute atomic E-state index is 13.5. The number of anilines is 3. The van der Waals surface area contributed by atoms with Crippen LogP contribution in [0.3, 0.4) is 0 Å². The van der Waals surface area contributed by atoms with Crippen LogP contribution in [0.1, 0.15) is 24.3 Å². The van der Waals surface area contributed by atoms with E-state index < -0.39 is 5.91 Å². The SMILES string of the molecule is CCN(CC)c1ccc(NC2=C(c3cccs3)C(=O)N(c3cccc(Cl)c3C)C2=O)cc1. The number of nitrogens with zero attached hydrogens (tertiary/aromatic N) is 2. The molecular weight excluding hydrogens is 442 g/mol. The predicted molar refractivity (Wildman–Crippen MR) is 134 cm³/mol. The van der Waals surface area contributed by atoms with E-state index in [0.29, 0.717) is 21.8 Å². The number of halogens is 1. The number of carbonyl (C=O) groups is 2. The van der Waals surface area contributed by atoms with Crippen LogP contribution < -0.4 is 15.1 Å². The molecule has 2 heterocycles. The van der Waals surface area contributed by atoms with Crippen molar-refractivity contribution in [1.82, 2.24) is 0 Å². The Hall–Kier alpha value is -3.09. The lowest BCUT2D eigenvalue weighted by Crippen LogP contribution is -2.33. The third kappa shape index (κ3) is 3.92. The summed E-state index contributed by atoms with van der Waals surface area (Å²) in [4.78, 5) is 31.2. The molecule has 5 nitrogen and oxygen atoms in total. The molecule has 0 atom stereocenters. The van der Waals surface area contributed by atoms with E-state index in [1.165, 1.54) is 16.2 Å². The van der Waals surface area contributed by atoms with Crippen LogP contribution in [-0.4, -0.2) is 24.9 Å². The van der Waals surface area contributed by atoms with E-state index in [1.54, 1.807) is 25.1 Å². The van der Waals surface area contributed by atoms with E-state index in [9.17, 15) is 9.59 Å². The molecule has 164 valence electrons. The minimum Gasteiger partial charge on any atom is -0.372 e. The van der Waals surface area contributed by atoms with E-state index in [1.807, 2.05) is 41.8 Å². The summed E-state index contributed by atoms with van der Waals surface area (Å²) in [5.74, 6) is -0.748. The molecule has 1 aliphatic heterocycles. The highest BCUT2D eigenvalue weighted by Crippen LogP contribution is 2.38. The number of hydrogen-bond donors (Lipinski definition) is 1. The molecule has 0 saturated heterocycles. The molecule has 0 aliphatic carbocycles. The van der Waals surface area contributed by atoms with Gasteiger partial charge in [-0.2, -0.15) is 0 Å². The van der Waals surface area contributed by atoms with Gasteiger partial charge < -0.3 is 10.2 Å². The van der Waals surface area contributed by atoms with Gasteiger partial charge in [-0.15, -0.1) is 11.3 Å². The molecule has 7 heteroatoms. The van der Waals surface area contributed by atoms with Crippen LogP contribution in [0.2, 0.25) is 5.02 Å². The molecular formula is C25H24ClN3O2S. The Morgan fingerprint density at radius 2 is 1.69 bits per heavy atom. The molecule has 0 unspecified atom stereocenters. The Morgan fingerprint density at radius 1 is 0.969 bits per heavy atom. The second-order valence-electron chi connectivity index (χ2n) is 7.40. The zero-order chi connectivity index (χ0) is 22.8. The quantitative estimate of drug-likeness (QED) is 0.438. The standard InChI is InChI=1S/C25H24ClN3O2S/c1-4-28(5-2)18-13-11-17(12-14-18)27-23-22(21-10-7-15-32-21)24(30)29(25(23)31)20-9-6-8-19(26)16(20)3/h6-15,27H,4-5H2,1-3H3. The van der Waals surface area contributed by atoms with Gasteiger partial charge in [0.1, 0.15) is 5.70 Å². The van der Waals surface area contributed by atoms with Gasteiger partial charge in [0.05, 0.1) is 11.3 Å². The fourth-order valence-corrected chi connectivity index (χ4v) is 4.78. The number of hydrogen-bond acceptors (Lipinski definition) is 5. The monoisotopic (exact) mass is 465 g/mol. The maximum atomic E-state index is 13.5. The summed E-state index contributed by atoms with van der Waals surface area (Å²) in [6, 6.07) is 16.8. The van der Waals surface area contributed by atoms with Gasteiger partial charge in [0.15, 0.2) is 0 Å². The number of rotatable bonds is 7. The van der Waals surface area contributed by atoms with Crippen molar-refractivity contribution in [3.05, 3.63) is 81.1 Å². The molecule has 1 aliphatic rings. The number of amides is 2. The van der Waals surface area contributed by atoms with Gasteiger partial charge >= 0.3 is 0 Å². The predicted octanol–water partition coefficient (Wildman–Crippen LogP) is 5.95. The summed E-state index contributed by atoms with van der Waals surface area (Å²) in [6.45, 7) is 7.86. The van der Waals surface area contributed by atoms with Crippen molar-refractivity contribution in [3.8, 4) is 0 Å². The smallest absolute Gasteiger partial charge is 0.282 e. The molecule has 4 rings (SSSR count). The van der Waals surface area contributed by atoms with Crippen LogP contribution >= 0.6 is 22.9 Å². The second kappa shape index (κ2) is 9.18. The molecule has 0 radical (unpaired) electrons. The molecule has 0 saturated carbocycles. The van der Waals surface area contributed by atoms with Crippen molar-refractivity contribution in [2.45, 2.75) is 20.8 Å². The molecule has 2 aromatic carbocycles. The number of benzene rings is 2. The number of thiophene rings is 1. The largest absolute Gasteiger partial charge is 0.372 e. The summed E-state index contributed by atoms with van der Waals surface area (Å²) in [5.41, 5.74) is 3.68. The summed E-state index contributed by atoms with van der Waals surface area (Å²) in [7, 11) is 0. The second-order valence-corrected chi connectivity index (χ2v) is 8.76. The summed E-state index contributed by atoms with van der Waals surface area (Å²) >= 11 is 7.70. The molecule has 0 bridgehead atoms. The van der Waals surface area contributed by atoms with Gasteiger partial charge in [0.25, 0.3) is 11.8 Å². The lowest BCUT2D eigenvalue weighted by Gasteiger charge is -2.21. The third-order valence-electron chi connectivity index (χ3n) is 5.60. The Labute approximate surface area is 196 Å². The van der Waals surface area contributed by atoms with Gasteiger partial charge in [-0.05, 0) is 74.2 Å². The molecule has 32 heavy (non-hydrogen) atoms. The number of imide groups is 1. The van der Waals surface area contributed by atoms with Crippen molar-refractivity contribution in [2.75, 3.05) is 28.2 Å². The molecule has 1 N–H and O–H groups in total. The highest BCUT2D eigenvalue weighted by Gasteiger charge is 2.41. The first-order valence-corrected chi connectivity index (χ1v) is 11.8. The Bertz CT molecular complexity index is 1180. The Kier molecular flexibility index (Phi) is 6.35. The first kappa shape index (κ1) is 22.1. The first-order chi connectivity index (χ1) is 15.5. The minimum atomic E-state index is -0.392. The van der Waals surface area contributed by atoms with Crippen LogP contribution in [0, 0.1) is 6.92 Å². The molecule has 2 amide bonds. The fourth-order valence-electron chi connectivity index (χ4n) is 3.84. The first-order valence-electron chi connectivity index (χ1n) is 10.5. The number of carbonyl (C=O) groups excluding carboxylic acids is 2. The normalized spacial score (nSPS) is 13.8. The zero-order valence-electron chi connectivity index (χ0n) is 18.2. The van der Waals surface area contributed by atoms with E-state index in [-0.39, 0.29) is 11.6 Å². The van der Waals surface area contributed by atoms with E-state index in [0.717, 1.165) is 29.3 Å². The molecule has 3 aromatic rings. The van der Waals surface area contributed by atoms with Gasteiger partial charge in [0, 0.05) is 34.4 Å². The topological polar surface area (TPSA) is 52.7 Å². The van der Waals surface area contributed by atoms with E-state index in [2.05, 4.69) is 24.1 Å². The van der Waals surface area contributed by atoms with Crippen LogP contribution in [0.25, 0.3) is 5.57 Å². The lowest BCUT2D eigenvalue weighted by molar-refractivity contribution is -0.120. The van der Waals surface area contributed by atoms with Crippen molar-refractivity contribution >= 4 is 57.4 Å². The van der Waals surface area contributed by atoms with Gasteiger partial charge in [-0.25, -0.2) is 4.90 Å². The molecule has 0 fully saturated rings. The fraction of sp³-hybridized carbons (Fsp3) is 0.200. The van der Waals surface area contributed by atoms with Crippen molar-refractivity contribution in [3.63, 3.8) is 0 Å². The van der Waals surface area contributed by atoms with E-state index in [4.69, 9.17) is 11.6 Å². The van der Waals surface area contributed by atoms with Crippen molar-refractivity contribution < 1.29 is 9.59 Å². The van der Waals surface area contributed by atoms with Crippen LogP contribution in [0.5, 0.6) is 0 Å². The van der Waals surface area contributed by atoms with Crippen molar-refractivity contribution in [2.24, 2.45) is 0 Å². The van der Waals surface area contributed by atoms with E-state index >= 15 is 0 Å². The van der Waals surface area contributed by atoms with Gasteiger partial charge in [0.2, 0.25) is 0 Å². The highest BCUT2D eigenvalue weighted by molar-refractivity contribution is 7.11. The van der Waals surface area contributed by atoms with Crippen LogP contribution in [-0.2, 0) is 9.59 Å². The summed E-state index contributed by atoms with van der Waals surface area (Å²) in [6.07, 6.45) is 0. The summed E-state index contributed by atoms with van der Waals surface area (Å²) < 4.78 is 0. The molecule has 0 spiro atoms. The third-order valence-corrected chi connectivity index (χ3v) is 6.89. The zero-order valence-corrected chi connectivity index (χ0v) is 19.8.